The number of hydrogen-bond donors (Lipinski definition) is 1. The van der Waals surface area contributed by atoms with Crippen molar-refractivity contribution in [2.75, 3.05) is 6.61 Å². The molecule has 0 bridgehead atoms. The van der Waals surface area contributed by atoms with Crippen LogP contribution in [0.2, 0.25) is 5.15 Å². The number of amides is 1. The van der Waals surface area contributed by atoms with Crippen LogP contribution in [0.1, 0.15) is 49.9 Å². The third-order valence-corrected chi connectivity index (χ3v) is 4.33. The van der Waals surface area contributed by atoms with E-state index in [1.165, 1.54) is 6.20 Å². The van der Waals surface area contributed by atoms with Gasteiger partial charge in [0.05, 0.1) is 11.2 Å². The van der Waals surface area contributed by atoms with Gasteiger partial charge in [0.15, 0.2) is 0 Å². The lowest BCUT2D eigenvalue weighted by Gasteiger charge is -2.40. The molecule has 1 N–H and O–H groups in total. The maximum Gasteiger partial charge on any atom is 0.253 e. The first-order valence-electron chi connectivity index (χ1n) is 7.15. The fourth-order valence-electron chi connectivity index (χ4n) is 2.67. The number of carbonyl (C=O) groups excluding carboxylic acids is 1. The van der Waals surface area contributed by atoms with Gasteiger partial charge in [0.2, 0.25) is 0 Å². The van der Waals surface area contributed by atoms with Crippen molar-refractivity contribution in [1.82, 2.24) is 10.3 Å². The lowest BCUT2D eigenvalue weighted by molar-refractivity contribution is -0.0917. The molecule has 0 aromatic carbocycles. The van der Waals surface area contributed by atoms with E-state index in [0.717, 1.165) is 25.7 Å². The summed E-state index contributed by atoms with van der Waals surface area (Å²) in [6.07, 6.45) is 5.17. The van der Waals surface area contributed by atoms with Crippen LogP contribution in [0.25, 0.3) is 0 Å². The van der Waals surface area contributed by atoms with Crippen LogP contribution in [0.5, 0.6) is 0 Å². The van der Waals surface area contributed by atoms with E-state index in [1.54, 1.807) is 12.1 Å². The minimum Gasteiger partial charge on any atom is -0.375 e. The molecule has 1 aliphatic heterocycles. The van der Waals surface area contributed by atoms with Crippen molar-refractivity contribution >= 4 is 17.5 Å². The van der Waals surface area contributed by atoms with E-state index in [1.807, 2.05) is 0 Å². The molecule has 110 valence electrons. The molecule has 5 heteroatoms. The number of ether oxygens (including phenoxy) is 1. The molecule has 2 rings (SSSR count). The van der Waals surface area contributed by atoms with E-state index in [-0.39, 0.29) is 17.6 Å². The van der Waals surface area contributed by atoms with Crippen LogP contribution >= 0.6 is 11.6 Å². The first-order chi connectivity index (χ1) is 9.58. The summed E-state index contributed by atoms with van der Waals surface area (Å²) in [6, 6.07) is 3.48. The highest BCUT2D eigenvalue weighted by molar-refractivity contribution is 6.29. The molecule has 1 unspecified atom stereocenters. The van der Waals surface area contributed by atoms with E-state index in [9.17, 15) is 4.79 Å². The zero-order valence-corrected chi connectivity index (χ0v) is 12.7. The fourth-order valence-corrected chi connectivity index (χ4v) is 2.78. The average Bonchev–Trinajstić information content (AvgIpc) is 2.48. The van der Waals surface area contributed by atoms with Gasteiger partial charge in [-0.2, -0.15) is 0 Å². The maximum atomic E-state index is 12.2. The largest absolute Gasteiger partial charge is 0.375 e. The van der Waals surface area contributed by atoms with Crippen LogP contribution in [-0.2, 0) is 4.74 Å². The summed E-state index contributed by atoms with van der Waals surface area (Å²) in [5, 5.41) is 3.47. The predicted molar refractivity (Wildman–Crippen MR) is 79.0 cm³/mol. The maximum absolute atomic E-state index is 12.2. The van der Waals surface area contributed by atoms with E-state index in [2.05, 4.69) is 24.1 Å². The average molecular weight is 297 g/mol. The number of nitrogens with zero attached hydrogens (tertiary/aromatic N) is 1. The summed E-state index contributed by atoms with van der Waals surface area (Å²) in [5.41, 5.74) is 0.452. The number of hydrogen-bond acceptors (Lipinski definition) is 3. The van der Waals surface area contributed by atoms with Crippen molar-refractivity contribution in [2.24, 2.45) is 0 Å². The smallest absolute Gasteiger partial charge is 0.253 e. The van der Waals surface area contributed by atoms with Crippen LogP contribution < -0.4 is 5.32 Å². The van der Waals surface area contributed by atoms with Gasteiger partial charge in [-0.15, -0.1) is 0 Å². The Balaban J connectivity index is 1.99. The first-order valence-corrected chi connectivity index (χ1v) is 7.53. The lowest BCUT2D eigenvalue weighted by atomic mass is 9.86. The van der Waals surface area contributed by atoms with E-state index in [4.69, 9.17) is 16.3 Å². The zero-order chi connectivity index (χ0) is 14.6. The standard InChI is InChI=1S/C15H21ClN2O2/c1-3-15(4-2)9-12(7-8-20-15)18-14(19)11-5-6-13(16)17-10-11/h5-6,10,12H,3-4,7-9H2,1-2H3,(H,18,19). The molecule has 1 saturated heterocycles. The van der Waals surface area contributed by atoms with Gasteiger partial charge in [0, 0.05) is 18.8 Å². The normalized spacial score (nSPS) is 21.4. The van der Waals surface area contributed by atoms with Crippen LogP contribution in [0.3, 0.4) is 0 Å². The van der Waals surface area contributed by atoms with Gasteiger partial charge in [-0.25, -0.2) is 4.98 Å². The second-order valence-electron chi connectivity index (χ2n) is 5.27. The van der Waals surface area contributed by atoms with Crippen molar-refractivity contribution in [2.45, 2.75) is 51.2 Å². The topological polar surface area (TPSA) is 51.2 Å². The number of aromatic nitrogens is 1. The van der Waals surface area contributed by atoms with Gasteiger partial charge >= 0.3 is 0 Å². The summed E-state index contributed by atoms with van der Waals surface area (Å²) in [7, 11) is 0. The Morgan fingerprint density at radius 3 is 2.85 bits per heavy atom. The Labute approximate surface area is 124 Å². The summed E-state index contributed by atoms with van der Waals surface area (Å²) < 4.78 is 5.92. The van der Waals surface area contributed by atoms with Gasteiger partial charge in [0.25, 0.3) is 5.91 Å². The molecule has 1 aromatic heterocycles. The lowest BCUT2D eigenvalue weighted by Crippen LogP contribution is -2.48. The zero-order valence-electron chi connectivity index (χ0n) is 12.0. The van der Waals surface area contributed by atoms with Crippen LogP contribution in [0.4, 0.5) is 0 Å². The number of halogens is 1. The molecule has 0 saturated carbocycles. The molecular formula is C15H21ClN2O2. The second-order valence-corrected chi connectivity index (χ2v) is 5.66. The van der Waals surface area contributed by atoms with Crippen LogP contribution in [-0.4, -0.2) is 29.1 Å². The van der Waals surface area contributed by atoms with Crippen molar-refractivity contribution in [3.8, 4) is 0 Å². The van der Waals surface area contributed by atoms with Crippen LogP contribution in [0.15, 0.2) is 18.3 Å². The summed E-state index contributed by atoms with van der Waals surface area (Å²) >= 11 is 5.72. The minimum atomic E-state index is -0.0952. The molecule has 1 aliphatic rings. The Morgan fingerprint density at radius 2 is 2.25 bits per heavy atom. The monoisotopic (exact) mass is 296 g/mol. The molecule has 20 heavy (non-hydrogen) atoms. The third-order valence-electron chi connectivity index (χ3n) is 4.11. The number of carbonyl (C=O) groups is 1. The Morgan fingerprint density at radius 1 is 1.50 bits per heavy atom. The predicted octanol–water partition coefficient (Wildman–Crippen LogP) is 3.20. The molecule has 2 heterocycles. The summed E-state index contributed by atoms with van der Waals surface area (Å²) in [5.74, 6) is -0.0952. The van der Waals surface area contributed by atoms with Crippen LogP contribution in [0, 0.1) is 0 Å². The number of rotatable bonds is 4. The highest BCUT2D eigenvalue weighted by atomic mass is 35.5. The fraction of sp³-hybridized carbons (Fsp3) is 0.600. The molecule has 1 fully saturated rings. The first kappa shape index (κ1) is 15.3. The quantitative estimate of drug-likeness (QED) is 0.868. The molecule has 4 nitrogen and oxygen atoms in total. The highest BCUT2D eigenvalue weighted by Crippen LogP contribution is 2.31. The van der Waals surface area contributed by atoms with Crippen molar-refractivity contribution < 1.29 is 9.53 Å². The van der Waals surface area contributed by atoms with E-state index < -0.39 is 0 Å². The number of nitrogens with one attached hydrogen (secondary N) is 1. The van der Waals surface area contributed by atoms with Crippen molar-refractivity contribution in [3.05, 3.63) is 29.0 Å². The molecule has 1 atom stereocenters. The number of pyridine rings is 1. The summed E-state index contributed by atoms with van der Waals surface area (Å²) in [6.45, 7) is 4.97. The molecular weight excluding hydrogens is 276 g/mol. The van der Waals surface area contributed by atoms with Gasteiger partial charge < -0.3 is 10.1 Å². The van der Waals surface area contributed by atoms with E-state index in [0.29, 0.717) is 17.3 Å². The van der Waals surface area contributed by atoms with Gasteiger partial charge in [-0.3, -0.25) is 4.79 Å². The van der Waals surface area contributed by atoms with Crippen molar-refractivity contribution in [3.63, 3.8) is 0 Å². The Hall–Kier alpha value is -1.13. The van der Waals surface area contributed by atoms with Gasteiger partial charge in [-0.1, -0.05) is 25.4 Å². The molecule has 0 spiro atoms. The Kier molecular flexibility index (Phi) is 5.00. The molecule has 1 amide bonds. The Bertz CT molecular complexity index is 457. The highest BCUT2D eigenvalue weighted by Gasteiger charge is 2.35. The van der Waals surface area contributed by atoms with Gasteiger partial charge in [-0.05, 0) is 37.8 Å². The van der Waals surface area contributed by atoms with Gasteiger partial charge in [0.1, 0.15) is 5.15 Å². The minimum absolute atomic E-state index is 0.0888. The third kappa shape index (κ3) is 3.49. The molecule has 0 radical (unpaired) electrons. The second kappa shape index (κ2) is 6.55. The van der Waals surface area contributed by atoms with E-state index >= 15 is 0 Å². The summed E-state index contributed by atoms with van der Waals surface area (Å²) in [4.78, 5) is 16.1. The van der Waals surface area contributed by atoms with Crippen molar-refractivity contribution in [1.29, 1.82) is 0 Å². The molecule has 0 aliphatic carbocycles. The SMILES string of the molecule is CCC1(CC)CC(NC(=O)c2ccc(Cl)nc2)CCO1. The molecule has 1 aromatic rings.